The molecule has 0 radical (unpaired) electrons. The minimum atomic E-state index is -0.191. The van der Waals surface area contributed by atoms with Crippen molar-refractivity contribution in [1.29, 1.82) is 0 Å². The highest BCUT2D eigenvalue weighted by molar-refractivity contribution is 7.12. The normalized spacial score (nSPS) is 15.1. The van der Waals surface area contributed by atoms with Crippen molar-refractivity contribution in [3.05, 3.63) is 76.6 Å². The summed E-state index contributed by atoms with van der Waals surface area (Å²) in [4.78, 5) is 34.9. The topological polar surface area (TPSA) is 97.6 Å². The van der Waals surface area contributed by atoms with Crippen LogP contribution in [0, 0.1) is 0 Å². The molecule has 1 atom stereocenters. The van der Waals surface area contributed by atoms with Crippen molar-refractivity contribution >= 4 is 28.8 Å². The Labute approximate surface area is 207 Å². The second-order valence-corrected chi connectivity index (χ2v) is 9.52. The second kappa shape index (κ2) is 10.4. The summed E-state index contributed by atoms with van der Waals surface area (Å²) in [7, 11) is 0. The van der Waals surface area contributed by atoms with E-state index in [0.717, 1.165) is 35.2 Å². The Balaban J connectivity index is 1.29. The first-order valence-corrected chi connectivity index (χ1v) is 12.6. The van der Waals surface area contributed by atoms with Crippen molar-refractivity contribution in [3.63, 3.8) is 0 Å². The quantitative estimate of drug-likeness (QED) is 0.405. The van der Waals surface area contributed by atoms with Crippen LogP contribution >= 0.6 is 11.3 Å². The van der Waals surface area contributed by atoms with Crippen LogP contribution in [-0.2, 0) is 4.74 Å². The maximum absolute atomic E-state index is 12.9. The molecule has 1 aliphatic rings. The molecule has 2 N–H and O–H groups in total. The van der Waals surface area contributed by atoms with Gasteiger partial charge in [-0.2, -0.15) is 0 Å². The molecule has 5 heterocycles. The van der Waals surface area contributed by atoms with Gasteiger partial charge in [0.2, 0.25) is 0 Å². The van der Waals surface area contributed by atoms with E-state index >= 15 is 0 Å². The molecule has 8 nitrogen and oxygen atoms in total. The number of carbonyl (C=O) groups excluding carboxylic acids is 2. The number of carbonyl (C=O) groups is 2. The van der Waals surface area contributed by atoms with Gasteiger partial charge in [-0.25, -0.2) is 4.98 Å². The number of thiophene rings is 1. The molecule has 35 heavy (non-hydrogen) atoms. The van der Waals surface area contributed by atoms with Crippen LogP contribution in [-0.4, -0.2) is 45.4 Å². The monoisotopic (exact) mass is 489 g/mol. The molecule has 1 unspecified atom stereocenters. The SMILES string of the molecule is CCC(NC(=O)c1ccc2nccn2c1)c1cncc(-c2csc(C(=O)NC3CCOCC3)c2)c1. The number of nitrogens with zero attached hydrogens (tertiary/aromatic N) is 3. The summed E-state index contributed by atoms with van der Waals surface area (Å²) in [6.45, 7) is 3.40. The van der Waals surface area contributed by atoms with E-state index in [1.807, 2.05) is 41.1 Å². The molecule has 4 aromatic heterocycles. The number of pyridine rings is 2. The van der Waals surface area contributed by atoms with Gasteiger partial charge >= 0.3 is 0 Å². The van der Waals surface area contributed by atoms with E-state index in [1.54, 1.807) is 30.9 Å². The van der Waals surface area contributed by atoms with Crippen LogP contribution in [0.2, 0.25) is 0 Å². The zero-order valence-electron chi connectivity index (χ0n) is 19.4. The highest BCUT2D eigenvalue weighted by atomic mass is 32.1. The van der Waals surface area contributed by atoms with E-state index in [0.29, 0.717) is 30.1 Å². The molecule has 0 aliphatic carbocycles. The van der Waals surface area contributed by atoms with Crippen molar-refractivity contribution in [2.75, 3.05) is 13.2 Å². The molecule has 2 amide bonds. The number of nitrogens with one attached hydrogen (secondary N) is 2. The Morgan fingerprint density at radius 2 is 2.03 bits per heavy atom. The van der Waals surface area contributed by atoms with Crippen LogP contribution in [0.5, 0.6) is 0 Å². The molecular weight excluding hydrogens is 462 g/mol. The average Bonchev–Trinajstić information content (AvgIpc) is 3.57. The fraction of sp³-hybridized carbons (Fsp3) is 0.308. The molecule has 1 fully saturated rings. The molecule has 4 aromatic rings. The third-order valence-electron chi connectivity index (χ3n) is 6.24. The Kier molecular flexibility index (Phi) is 6.87. The average molecular weight is 490 g/mol. The molecule has 0 bridgehead atoms. The molecule has 0 aromatic carbocycles. The summed E-state index contributed by atoms with van der Waals surface area (Å²) < 4.78 is 7.19. The van der Waals surface area contributed by atoms with Crippen LogP contribution < -0.4 is 10.6 Å². The highest BCUT2D eigenvalue weighted by Gasteiger charge is 2.19. The lowest BCUT2D eigenvalue weighted by Gasteiger charge is -2.22. The number of aromatic nitrogens is 3. The minimum Gasteiger partial charge on any atom is -0.381 e. The maximum Gasteiger partial charge on any atom is 0.261 e. The van der Waals surface area contributed by atoms with E-state index < -0.39 is 0 Å². The summed E-state index contributed by atoms with van der Waals surface area (Å²) >= 11 is 1.42. The van der Waals surface area contributed by atoms with Crippen LogP contribution in [0.15, 0.2) is 60.6 Å². The highest BCUT2D eigenvalue weighted by Crippen LogP contribution is 2.28. The summed E-state index contributed by atoms with van der Waals surface area (Å²) in [5.74, 6) is -0.203. The first kappa shape index (κ1) is 23.2. The number of ether oxygens (including phenoxy) is 1. The first-order chi connectivity index (χ1) is 17.1. The van der Waals surface area contributed by atoms with Gasteiger partial charge in [0.15, 0.2) is 0 Å². The second-order valence-electron chi connectivity index (χ2n) is 8.61. The zero-order valence-corrected chi connectivity index (χ0v) is 20.3. The lowest BCUT2D eigenvalue weighted by molar-refractivity contribution is 0.0698. The van der Waals surface area contributed by atoms with Gasteiger partial charge in [-0.1, -0.05) is 6.92 Å². The van der Waals surface area contributed by atoms with Crippen LogP contribution in [0.1, 0.15) is 57.8 Å². The largest absolute Gasteiger partial charge is 0.381 e. The van der Waals surface area contributed by atoms with E-state index in [1.165, 1.54) is 11.3 Å². The predicted octanol–water partition coefficient (Wildman–Crippen LogP) is 4.25. The Hall–Kier alpha value is -3.56. The Bertz CT molecular complexity index is 1340. The van der Waals surface area contributed by atoms with Gasteiger partial charge in [0.05, 0.1) is 16.5 Å². The summed E-state index contributed by atoms with van der Waals surface area (Å²) in [6, 6.07) is 7.50. The first-order valence-electron chi connectivity index (χ1n) is 11.8. The minimum absolute atomic E-state index is 0.0502. The van der Waals surface area contributed by atoms with Crippen molar-refractivity contribution < 1.29 is 14.3 Å². The standard InChI is InChI=1S/C26H27N5O3S/c1-2-22(30-25(32)17-3-4-24-28-7-8-31(24)15-17)19-11-18(13-27-14-19)20-12-23(35-16-20)26(33)29-21-5-9-34-10-6-21/h3-4,7-8,11-16,21-22H,2,5-6,9-10H2,1H3,(H,29,33)(H,30,32). The van der Waals surface area contributed by atoms with Crippen molar-refractivity contribution in [1.82, 2.24) is 25.0 Å². The van der Waals surface area contributed by atoms with Crippen molar-refractivity contribution in [2.45, 2.75) is 38.3 Å². The van der Waals surface area contributed by atoms with Crippen molar-refractivity contribution in [3.8, 4) is 11.1 Å². The fourth-order valence-corrected chi connectivity index (χ4v) is 5.05. The Morgan fingerprint density at radius 1 is 1.17 bits per heavy atom. The predicted molar refractivity (Wildman–Crippen MR) is 135 cm³/mol. The van der Waals surface area contributed by atoms with Crippen LogP contribution in [0.25, 0.3) is 16.8 Å². The number of hydrogen-bond acceptors (Lipinski definition) is 6. The van der Waals surface area contributed by atoms with E-state index in [4.69, 9.17) is 4.74 Å². The maximum atomic E-state index is 12.9. The molecule has 1 saturated heterocycles. The fourth-order valence-electron chi connectivity index (χ4n) is 4.23. The van der Waals surface area contributed by atoms with Crippen molar-refractivity contribution in [2.24, 2.45) is 0 Å². The van der Waals surface area contributed by atoms with Gasteiger partial charge in [0.25, 0.3) is 11.8 Å². The number of fused-ring (bicyclic) bond motifs is 1. The lowest BCUT2D eigenvalue weighted by Crippen LogP contribution is -2.38. The van der Waals surface area contributed by atoms with E-state index in [9.17, 15) is 9.59 Å². The number of hydrogen-bond donors (Lipinski definition) is 2. The van der Waals surface area contributed by atoms with Gasteiger partial charge in [0, 0.05) is 55.8 Å². The molecule has 5 rings (SSSR count). The number of imidazole rings is 1. The molecule has 180 valence electrons. The number of amides is 2. The third kappa shape index (κ3) is 5.26. The molecule has 0 saturated carbocycles. The molecule has 0 spiro atoms. The van der Waals surface area contributed by atoms with E-state index in [2.05, 4.69) is 20.6 Å². The zero-order chi connectivity index (χ0) is 24.2. The molecule has 1 aliphatic heterocycles. The summed E-state index contributed by atoms with van der Waals surface area (Å²) in [5, 5.41) is 8.20. The number of rotatable bonds is 7. The van der Waals surface area contributed by atoms with Gasteiger partial charge in [-0.05, 0) is 60.0 Å². The van der Waals surface area contributed by atoms with Crippen LogP contribution in [0.4, 0.5) is 0 Å². The van der Waals surface area contributed by atoms with Crippen LogP contribution in [0.3, 0.4) is 0 Å². The summed E-state index contributed by atoms with van der Waals surface area (Å²) in [6.07, 6.45) is 11.3. The van der Waals surface area contributed by atoms with E-state index in [-0.39, 0.29) is 23.9 Å². The summed E-state index contributed by atoms with van der Waals surface area (Å²) in [5.41, 5.74) is 4.13. The van der Waals surface area contributed by atoms with Gasteiger partial charge < -0.3 is 19.8 Å². The Morgan fingerprint density at radius 3 is 2.86 bits per heavy atom. The molecule has 9 heteroatoms. The van der Waals surface area contributed by atoms with Gasteiger partial charge in [0.1, 0.15) is 5.65 Å². The van der Waals surface area contributed by atoms with Gasteiger partial charge in [-0.15, -0.1) is 11.3 Å². The van der Waals surface area contributed by atoms with Gasteiger partial charge in [-0.3, -0.25) is 14.6 Å². The molecular formula is C26H27N5O3S. The lowest BCUT2D eigenvalue weighted by atomic mass is 10.0. The third-order valence-corrected chi connectivity index (χ3v) is 7.17. The smallest absolute Gasteiger partial charge is 0.261 e.